The summed E-state index contributed by atoms with van der Waals surface area (Å²) < 4.78 is 4.91. The Morgan fingerprint density at radius 1 is 1.29 bits per heavy atom. The lowest BCUT2D eigenvalue weighted by atomic mass is 10.2. The van der Waals surface area contributed by atoms with Crippen molar-refractivity contribution in [3.05, 3.63) is 29.8 Å². The minimum atomic E-state index is -1.26. The minimum Gasteiger partial charge on any atom is -0.545 e. The Morgan fingerprint density at radius 2 is 1.86 bits per heavy atom. The largest absolute Gasteiger partial charge is 0.545 e. The molecule has 0 fully saturated rings. The third kappa shape index (κ3) is 2.78. The molecule has 0 radical (unpaired) electrons. The predicted octanol–water partition coefficient (Wildman–Crippen LogP) is -1.09. The molecular formula is C9H8NO4-. The van der Waals surface area contributed by atoms with Crippen molar-refractivity contribution < 1.29 is 19.4 Å². The van der Waals surface area contributed by atoms with Gasteiger partial charge in [-0.05, 0) is 29.8 Å². The number of nitrogens with two attached hydrogens (primary N) is 1. The van der Waals surface area contributed by atoms with Gasteiger partial charge in [0.05, 0.1) is 5.97 Å². The zero-order valence-electron chi connectivity index (χ0n) is 7.23. The van der Waals surface area contributed by atoms with Crippen molar-refractivity contribution in [3.8, 4) is 5.75 Å². The molecule has 0 bridgehead atoms. The van der Waals surface area contributed by atoms with Crippen molar-refractivity contribution in [2.45, 2.75) is 0 Å². The van der Waals surface area contributed by atoms with E-state index in [2.05, 4.69) is 0 Å². The first-order valence-electron chi connectivity index (χ1n) is 3.82. The molecule has 0 saturated carbocycles. The number of carbonyl (C=O) groups is 2. The number of carboxylic acid groups (broad SMARTS) is 1. The monoisotopic (exact) mass is 194 g/mol. The molecule has 1 rings (SSSR count). The number of hydrogen-bond donors (Lipinski definition) is 1. The number of carbonyl (C=O) groups excluding carboxylic acids is 2. The maximum absolute atomic E-state index is 10.4. The lowest BCUT2D eigenvalue weighted by molar-refractivity contribution is -0.255. The summed E-state index contributed by atoms with van der Waals surface area (Å²) in [6.07, 6.45) is 0. The smallest absolute Gasteiger partial charge is 0.255 e. The Balaban J connectivity index is 2.64. The van der Waals surface area contributed by atoms with Gasteiger partial charge in [-0.15, -0.1) is 0 Å². The number of hydrogen-bond acceptors (Lipinski definition) is 4. The molecule has 0 saturated heterocycles. The number of rotatable bonds is 4. The van der Waals surface area contributed by atoms with Crippen LogP contribution in [-0.2, 0) is 4.79 Å². The van der Waals surface area contributed by atoms with Crippen LogP contribution in [0.3, 0.4) is 0 Å². The van der Waals surface area contributed by atoms with E-state index in [0.29, 0.717) is 5.75 Å². The van der Waals surface area contributed by atoms with Crippen LogP contribution in [0.25, 0.3) is 0 Å². The maximum atomic E-state index is 10.4. The molecule has 0 aliphatic rings. The molecule has 5 heteroatoms. The Kier molecular flexibility index (Phi) is 3.06. The Morgan fingerprint density at radius 3 is 2.29 bits per heavy atom. The van der Waals surface area contributed by atoms with Crippen molar-refractivity contribution in [1.29, 1.82) is 0 Å². The first kappa shape index (κ1) is 10.0. The lowest BCUT2D eigenvalue weighted by Crippen LogP contribution is -2.22. The molecule has 0 atom stereocenters. The molecule has 5 nitrogen and oxygen atoms in total. The molecule has 74 valence electrons. The van der Waals surface area contributed by atoms with E-state index in [-0.39, 0.29) is 12.2 Å². The average molecular weight is 194 g/mol. The molecule has 0 heterocycles. The number of benzene rings is 1. The fourth-order valence-corrected chi connectivity index (χ4v) is 0.842. The molecule has 0 aromatic heterocycles. The summed E-state index contributed by atoms with van der Waals surface area (Å²) in [5.74, 6) is -1.46. The van der Waals surface area contributed by atoms with Gasteiger partial charge in [0, 0.05) is 0 Å². The first-order chi connectivity index (χ1) is 6.59. The summed E-state index contributed by atoms with van der Waals surface area (Å²) >= 11 is 0. The maximum Gasteiger partial charge on any atom is 0.255 e. The SMILES string of the molecule is NC(=O)COc1ccc(C(=O)[O-])cc1. The quantitative estimate of drug-likeness (QED) is 0.659. The Bertz CT molecular complexity index is 344. The highest BCUT2D eigenvalue weighted by Gasteiger charge is 1.98. The Labute approximate surface area is 80.1 Å². The zero-order valence-corrected chi connectivity index (χ0v) is 7.23. The highest BCUT2D eigenvalue weighted by Crippen LogP contribution is 2.11. The normalized spacial score (nSPS) is 9.43. The summed E-state index contributed by atoms with van der Waals surface area (Å²) in [4.78, 5) is 20.7. The van der Waals surface area contributed by atoms with Gasteiger partial charge in [-0.1, -0.05) is 0 Å². The van der Waals surface area contributed by atoms with E-state index in [1.807, 2.05) is 0 Å². The van der Waals surface area contributed by atoms with E-state index in [4.69, 9.17) is 10.5 Å². The fraction of sp³-hybridized carbons (Fsp3) is 0.111. The van der Waals surface area contributed by atoms with E-state index in [0.717, 1.165) is 0 Å². The van der Waals surface area contributed by atoms with Crippen LogP contribution in [-0.4, -0.2) is 18.5 Å². The van der Waals surface area contributed by atoms with Crippen LogP contribution in [0.15, 0.2) is 24.3 Å². The van der Waals surface area contributed by atoms with Gasteiger partial charge in [-0.25, -0.2) is 0 Å². The van der Waals surface area contributed by atoms with Crippen LogP contribution in [0.1, 0.15) is 10.4 Å². The molecule has 0 spiro atoms. The Hall–Kier alpha value is -2.04. The van der Waals surface area contributed by atoms with Gasteiger partial charge < -0.3 is 20.4 Å². The standard InChI is InChI=1S/C9H9NO4/c10-8(11)5-14-7-3-1-6(2-4-7)9(12)13/h1-4H,5H2,(H2,10,11)(H,12,13)/p-1. The highest BCUT2D eigenvalue weighted by atomic mass is 16.5. The number of amides is 1. The molecule has 1 aromatic rings. The fourth-order valence-electron chi connectivity index (χ4n) is 0.842. The van der Waals surface area contributed by atoms with Crippen LogP contribution in [0.5, 0.6) is 5.75 Å². The zero-order chi connectivity index (χ0) is 10.6. The van der Waals surface area contributed by atoms with Gasteiger partial charge in [0.1, 0.15) is 5.75 Å². The van der Waals surface area contributed by atoms with Crippen LogP contribution in [0.4, 0.5) is 0 Å². The van der Waals surface area contributed by atoms with Crippen LogP contribution < -0.4 is 15.6 Å². The number of ether oxygens (including phenoxy) is 1. The summed E-state index contributed by atoms with van der Waals surface area (Å²) in [6, 6.07) is 5.50. The molecular weight excluding hydrogens is 186 g/mol. The third-order valence-corrected chi connectivity index (χ3v) is 1.47. The molecule has 14 heavy (non-hydrogen) atoms. The summed E-state index contributed by atoms with van der Waals surface area (Å²) in [7, 11) is 0. The molecule has 1 amide bonds. The molecule has 1 aromatic carbocycles. The predicted molar refractivity (Wildman–Crippen MR) is 45.5 cm³/mol. The number of primary amides is 1. The second-order valence-electron chi connectivity index (χ2n) is 2.57. The average Bonchev–Trinajstić information content (AvgIpc) is 2.15. The van der Waals surface area contributed by atoms with E-state index >= 15 is 0 Å². The number of carboxylic acids is 1. The van der Waals surface area contributed by atoms with E-state index in [9.17, 15) is 14.7 Å². The highest BCUT2D eigenvalue weighted by molar-refractivity contribution is 5.85. The van der Waals surface area contributed by atoms with Gasteiger partial charge in [0.25, 0.3) is 5.91 Å². The van der Waals surface area contributed by atoms with Crippen LogP contribution in [0, 0.1) is 0 Å². The van der Waals surface area contributed by atoms with Gasteiger partial charge in [-0.3, -0.25) is 4.79 Å². The van der Waals surface area contributed by atoms with Crippen molar-refractivity contribution in [1.82, 2.24) is 0 Å². The van der Waals surface area contributed by atoms with Gasteiger partial charge in [0.15, 0.2) is 6.61 Å². The van der Waals surface area contributed by atoms with Gasteiger partial charge in [0.2, 0.25) is 0 Å². The van der Waals surface area contributed by atoms with Crippen molar-refractivity contribution >= 4 is 11.9 Å². The molecule has 0 aliphatic carbocycles. The molecule has 0 unspecified atom stereocenters. The van der Waals surface area contributed by atoms with Crippen molar-refractivity contribution in [3.63, 3.8) is 0 Å². The van der Waals surface area contributed by atoms with E-state index in [1.165, 1.54) is 24.3 Å². The summed E-state index contributed by atoms with van der Waals surface area (Å²) in [6.45, 7) is -0.231. The molecule has 0 aliphatic heterocycles. The van der Waals surface area contributed by atoms with Crippen LogP contribution in [0.2, 0.25) is 0 Å². The van der Waals surface area contributed by atoms with Gasteiger partial charge in [-0.2, -0.15) is 0 Å². The second-order valence-corrected chi connectivity index (χ2v) is 2.57. The minimum absolute atomic E-state index is 0.0522. The summed E-state index contributed by atoms with van der Waals surface area (Å²) in [5.41, 5.74) is 4.90. The topological polar surface area (TPSA) is 92.5 Å². The van der Waals surface area contributed by atoms with E-state index in [1.54, 1.807) is 0 Å². The number of aromatic carboxylic acids is 1. The van der Waals surface area contributed by atoms with E-state index < -0.39 is 11.9 Å². The van der Waals surface area contributed by atoms with Crippen molar-refractivity contribution in [2.75, 3.05) is 6.61 Å². The molecule has 2 N–H and O–H groups in total. The third-order valence-electron chi connectivity index (χ3n) is 1.47. The van der Waals surface area contributed by atoms with Crippen molar-refractivity contribution in [2.24, 2.45) is 5.73 Å². The second kappa shape index (κ2) is 4.27. The lowest BCUT2D eigenvalue weighted by Gasteiger charge is -2.05. The van der Waals surface area contributed by atoms with Crippen LogP contribution >= 0.6 is 0 Å². The van der Waals surface area contributed by atoms with Gasteiger partial charge >= 0.3 is 0 Å². The first-order valence-corrected chi connectivity index (χ1v) is 3.82. The summed E-state index contributed by atoms with van der Waals surface area (Å²) in [5, 5.41) is 10.4.